The quantitative estimate of drug-likeness (QED) is 0.779. The normalized spacial score (nSPS) is 10.4. The van der Waals surface area contributed by atoms with Gasteiger partial charge < -0.3 is 4.74 Å². The summed E-state index contributed by atoms with van der Waals surface area (Å²) in [6.45, 7) is 1.44. The van der Waals surface area contributed by atoms with E-state index in [1.807, 2.05) is 0 Å². The molecule has 0 radical (unpaired) electrons. The molecular weight excluding hydrogens is 330 g/mol. The summed E-state index contributed by atoms with van der Waals surface area (Å²) in [4.78, 5) is 12.3. The average Bonchev–Trinajstić information content (AvgIpc) is 2.42. The lowest BCUT2D eigenvalue weighted by molar-refractivity contribution is 0.103. The van der Waals surface area contributed by atoms with E-state index in [2.05, 4.69) is 15.9 Å². The molecular formula is C15H11BrF2O2. The molecule has 0 atom stereocenters. The molecule has 0 bridgehead atoms. The number of halogens is 3. The van der Waals surface area contributed by atoms with Gasteiger partial charge in [0.1, 0.15) is 17.4 Å². The van der Waals surface area contributed by atoms with Gasteiger partial charge in [0.25, 0.3) is 0 Å². The van der Waals surface area contributed by atoms with Crippen LogP contribution in [-0.2, 0) is 0 Å². The van der Waals surface area contributed by atoms with Gasteiger partial charge in [-0.1, -0.05) is 15.9 Å². The molecule has 0 N–H and O–H groups in total. The second kappa shape index (κ2) is 5.71. The van der Waals surface area contributed by atoms with Gasteiger partial charge in [-0.3, -0.25) is 4.79 Å². The van der Waals surface area contributed by atoms with Gasteiger partial charge in [-0.2, -0.15) is 0 Å². The van der Waals surface area contributed by atoms with E-state index >= 15 is 0 Å². The van der Waals surface area contributed by atoms with Crippen LogP contribution in [0.4, 0.5) is 8.78 Å². The predicted molar refractivity (Wildman–Crippen MR) is 75.2 cm³/mol. The van der Waals surface area contributed by atoms with Crippen LogP contribution < -0.4 is 4.74 Å². The summed E-state index contributed by atoms with van der Waals surface area (Å²) in [5.41, 5.74) is 0.0217. The predicted octanol–water partition coefficient (Wildman–Crippen LogP) is 4.28. The van der Waals surface area contributed by atoms with Gasteiger partial charge in [-0.15, -0.1) is 0 Å². The molecule has 5 heteroatoms. The lowest BCUT2D eigenvalue weighted by Crippen LogP contribution is -2.07. The van der Waals surface area contributed by atoms with Gasteiger partial charge in [-0.25, -0.2) is 8.78 Å². The van der Waals surface area contributed by atoms with Crippen LogP contribution in [-0.4, -0.2) is 12.9 Å². The van der Waals surface area contributed by atoms with Crippen molar-refractivity contribution in [2.24, 2.45) is 0 Å². The van der Waals surface area contributed by atoms with E-state index in [0.717, 1.165) is 16.6 Å². The highest BCUT2D eigenvalue weighted by atomic mass is 79.9. The number of benzene rings is 2. The Kier molecular flexibility index (Phi) is 4.18. The first-order valence-electron chi connectivity index (χ1n) is 5.78. The topological polar surface area (TPSA) is 26.3 Å². The van der Waals surface area contributed by atoms with Crippen molar-refractivity contribution in [1.82, 2.24) is 0 Å². The molecule has 0 aromatic heterocycles. The van der Waals surface area contributed by atoms with Crippen LogP contribution in [0.1, 0.15) is 21.5 Å². The zero-order valence-corrected chi connectivity index (χ0v) is 12.4. The minimum absolute atomic E-state index is 0.154. The molecule has 0 unspecified atom stereocenters. The smallest absolute Gasteiger partial charge is 0.199 e. The zero-order chi connectivity index (χ0) is 14.9. The summed E-state index contributed by atoms with van der Waals surface area (Å²) >= 11 is 3.25. The number of hydrogen-bond acceptors (Lipinski definition) is 2. The summed E-state index contributed by atoms with van der Waals surface area (Å²) in [5.74, 6) is -1.69. The molecule has 0 amide bonds. The Morgan fingerprint density at radius 2 is 1.80 bits per heavy atom. The fourth-order valence-electron chi connectivity index (χ4n) is 1.82. The lowest BCUT2D eigenvalue weighted by Gasteiger charge is -2.09. The Bertz CT molecular complexity index is 684. The van der Waals surface area contributed by atoms with E-state index < -0.39 is 17.4 Å². The standard InChI is InChI=1S/C15H11BrF2O2/c1-8-5-13(18)11(7-12(8)17)15(19)10-4-3-9(16)6-14(10)20-2/h3-7H,1-2H3. The van der Waals surface area contributed by atoms with E-state index in [9.17, 15) is 13.6 Å². The highest BCUT2D eigenvalue weighted by Gasteiger charge is 2.20. The van der Waals surface area contributed by atoms with Crippen molar-refractivity contribution in [3.8, 4) is 5.75 Å². The number of ether oxygens (including phenoxy) is 1. The molecule has 0 aliphatic carbocycles. The third-order valence-electron chi connectivity index (χ3n) is 2.90. The van der Waals surface area contributed by atoms with Crippen molar-refractivity contribution >= 4 is 21.7 Å². The van der Waals surface area contributed by atoms with E-state index in [4.69, 9.17) is 4.74 Å². The molecule has 0 saturated carbocycles. The Hall–Kier alpha value is -1.75. The minimum Gasteiger partial charge on any atom is -0.496 e. The largest absolute Gasteiger partial charge is 0.496 e. The number of methoxy groups -OCH3 is 1. The third kappa shape index (κ3) is 2.72. The van der Waals surface area contributed by atoms with Crippen molar-refractivity contribution in [2.75, 3.05) is 7.11 Å². The molecule has 20 heavy (non-hydrogen) atoms. The molecule has 0 aliphatic heterocycles. The summed E-state index contributed by atoms with van der Waals surface area (Å²) in [6.07, 6.45) is 0. The number of aryl methyl sites for hydroxylation is 1. The molecule has 2 rings (SSSR count). The Morgan fingerprint density at radius 1 is 1.10 bits per heavy atom. The zero-order valence-electron chi connectivity index (χ0n) is 10.8. The van der Waals surface area contributed by atoms with E-state index in [1.165, 1.54) is 20.1 Å². The van der Waals surface area contributed by atoms with E-state index in [0.29, 0.717) is 5.75 Å². The second-order valence-corrected chi connectivity index (χ2v) is 5.17. The van der Waals surface area contributed by atoms with Gasteiger partial charge in [0.05, 0.1) is 18.2 Å². The minimum atomic E-state index is -0.751. The van der Waals surface area contributed by atoms with Crippen molar-refractivity contribution in [2.45, 2.75) is 6.92 Å². The molecule has 104 valence electrons. The number of carbonyl (C=O) groups excluding carboxylic acids is 1. The molecule has 0 spiro atoms. The fraction of sp³-hybridized carbons (Fsp3) is 0.133. The highest BCUT2D eigenvalue weighted by Crippen LogP contribution is 2.27. The maximum Gasteiger partial charge on any atom is 0.199 e. The highest BCUT2D eigenvalue weighted by molar-refractivity contribution is 9.10. The number of rotatable bonds is 3. The summed E-state index contributed by atoms with van der Waals surface area (Å²) in [6, 6.07) is 6.65. The van der Waals surface area contributed by atoms with Gasteiger partial charge >= 0.3 is 0 Å². The second-order valence-electron chi connectivity index (χ2n) is 4.25. The maximum atomic E-state index is 13.8. The summed E-state index contributed by atoms with van der Waals surface area (Å²) < 4.78 is 33.2. The van der Waals surface area contributed by atoms with Gasteiger partial charge in [-0.05, 0) is 42.8 Å². The fourth-order valence-corrected chi connectivity index (χ4v) is 2.16. The Labute approximate surface area is 123 Å². The van der Waals surface area contributed by atoms with Crippen molar-refractivity contribution in [3.05, 3.63) is 63.1 Å². The van der Waals surface area contributed by atoms with E-state index in [-0.39, 0.29) is 16.7 Å². The van der Waals surface area contributed by atoms with Crippen molar-refractivity contribution < 1.29 is 18.3 Å². The number of ketones is 1. The molecule has 0 aliphatic rings. The monoisotopic (exact) mass is 340 g/mol. The van der Waals surface area contributed by atoms with Crippen LogP contribution in [0.25, 0.3) is 0 Å². The van der Waals surface area contributed by atoms with Crippen LogP contribution in [0.15, 0.2) is 34.8 Å². The van der Waals surface area contributed by atoms with Crippen LogP contribution in [0.2, 0.25) is 0 Å². The van der Waals surface area contributed by atoms with Crippen LogP contribution >= 0.6 is 15.9 Å². The van der Waals surface area contributed by atoms with Gasteiger partial charge in [0, 0.05) is 4.47 Å². The van der Waals surface area contributed by atoms with Crippen LogP contribution in [0.5, 0.6) is 5.75 Å². The summed E-state index contributed by atoms with van der Waals surface area (Å²) in [5, 5.41) is 0. The van der Waals surface area contributed by atoms with Crippen LogP contribution in [0, 0.1) is 18.6 Å². The van der Waals surface area contributed by atoms with Gasteiger partial charge in [0.2, 0.25) is 0 Å². The molecule has 0 fully saturated rings. The first-order valence-corrected chi connectivity index (χ1v) is 6.57. The molecule has 0 saturated heterocycles. The third-order valence-corrected chi connectivity index (χ3v) is 3.39. The molecule has 2 aromatic rings. The summed E-state index contributed by atoms with van der Waals surface area (Å²) in [7, 11) is 1.41. The van der Waals surface area contributed by atoms with Crippen molar-refractivity contribution in [3.63, 3.8) is 0 Å². The Morgan fingerprint density at radius 3 is 2.45 bits per heavy atom. The van der Waals surface area contributed by atoms with Crippen molar-refractivity contribution in [1.29, 1.82) is 0 Å². The van der Waals surface area contributed by atoms with Crippen LogP contribution in [0.3, 0.4) is 0 Å². The average molecular weight is 341 g/mol. The Balaban J connectivity index is 2.54. The molecule has 0 heterocycles. The first kappa shape index (κ1) is 14.7. The maximum absolute atomic E-state index is 13.8. The molecule has 2 nitrogen and oxygen atoms in total. The molecule has 2 aromatic carbocycles. The SMILES string of the molecule is COc1cc(Br)ccc1C(=O)c1cc(F)c(C)cc1F. The van der Waals surface area contributed by atoms with Gasteiger partial charge in [0.15, 0.2) is 5.78 Å². The number of hydrogen-bond donors (Lipinski definition) is 0. The first-order chi connectivity index (χ1) is 9.43. The van der Waals surface area contributed by atoms with E-state index in [1.54, 1.807) is 12.1 Å². The number of carbonyl (C=O) groups is 1. The lowest BCUT2D eigenvalue weighted by atomic mass is 10.0.